The molecular weight excluding hydrogens is 140 g/mol. The zero-order chi connectivity index (χ0) is 7.52. The first kappa shape index (κ1) is 6.79. The van der Waals surface area contributed by atoms with Gasteiger partial charge in [-0.15, -0.1) is 10.2 Å². The third-order valence-electron chi connectivity index (χ3n) is 2.13. The van der Waals surface area contributed by atoms with Crippen LogP contribution < -0.4 is 5.32 Å². The SMILES string of the molecule is c1nncn1C1CCCNC1. The number of hydrogen-bond acceptors (Lipinski definition) is 3. The fourth-order valence-corrected chi connectivity index (χ4v) is 1.49. The van der Waals surface area contributed by atoms with E-state index >= 15 is 0 Å². The Morgan fingerprint density at radius 1 is 1.36 bits per heavy atom. The summed E-state index contributed by atoms with van der Waals surface area (Å²) in [4.78, 5) is 0. The maximum Gasteiger partial charge on any atom is 0.119 e. The molecule has 1 aliphatic rings. The second-order valence-corrected chi connectivity index (χ2v) is 2.91. The van der Waals surface area contributed by atoms with Crippen molar-refractivity contribution in [2.45, 2.75) is 18.9 Å². The van der Waals surface area contributed by atoms with Crippen LogP contribution in [0.1, 0.15) is 18.9 Å². The van der Waals surface area contributed by atoms with E-state index in [1.165, 1.54) is 12.8 Å². The summed E-state index contributed by atoms with van der Waals surface area (Å²) in [5, 5.41) is 10.9. The van der Waals surface area contributed by atoms with E-state index in [1.807, 2.05) is 0 Å². The smallest absolute Gasteiger partial charge is 0.119 e. The molecule has 1 fully saturated rings. The summed E-state index contributed by atoms with van der Waals surface area (Å²) in [5.74, 6) is 0. The van der Waals surface area contributed by atoms with Crippen LogP contribution in [-0.4, -0.2) is 27.9 Å². The highest BCUT2D eigenvalue weighted by molar-refractivity contribution is 4.77. The third kappa shape index (κ3) is 1.40. The molecule has 0 aromatic carbocycles. The number of rotatable bonds is 1. The van der Waals surface area contributed by atoms with Gasteiger partial charge in [0, 0.05) is 12.6 Å². The normalized spacial score (nSPS) is 25.3. The lowest BCUT2D eigenvalue weighted by Crippen LogP contribution is -2.31. The van der Waals surface area contributed by atoms with Crippen molar-refractivity contribution in [3.63, 3.8) is 0 Å². The Hall–Kier alpha value is -0.900. The molecule has 0 radical (unpaired) electrons. The Morgan fingerprint density at radius 2 is 2.18 bits per heavy atom. The van der Waals surface area contributed by atoms with Crippen molar-refractivity contribution in [3.8, 4) is 0 Å². The van der Waals surface area contributed by atoms with E-state index in [0.717, 1.165) is 13.1 Å². The van der Waals surface area contributed by atoms with Crippen LogP contribution in [0.3, 0.4) is 0 Å². The zero-order valence-corrected chi connectivity index (χ0v) is 6.40. The van der Waals surface area contributed by atoms with Gasteiger partial charge in [0.25, 0.3) is 0 Å². The lowest BCUT2D eigenvalue weighted by Gasteiger charge is -2.22. The summed E-state index contributed by atoms with van der Waals surface area (Å²) in [6, 6.07) is 0.568. The molecule has 11 heavy (non-hydrogen) atoms. The second-order valence-electron chi connectivity index (χ2n) is 2.91. The highest BCUT2D eigenvalue weighted by atomic mass is 15.2. The van der Waals surface area contributed by atoms with E-state index in [0.29, 0.717) is 6.04 Å². The Balaban J connectivity index is 2.04. The zero-order valence-electron chi connectivity index (χ0n) is 6.40. The first-order chi connectivity index (χ1) is 5.47. The lowest BCUT2D eigenvalue weighted by atomic mass is 10.1. The predicted molar refractivity (Wildman–Crippen MR) is 41.2 cm³/mol. The molecule has 1 aromatic rings. The standard InChI is InChI=1S/C7H12N4/c1-2-7(4-8-3-1)11-5-9-10-6-11/h5-8H,1-4H2. The second kappa shape index (κ2) is 3.00. The molecule has 1 aromatic heterocycles. The molecule has 2 rings (SSSR count). The van der Waals surface area contributed by atoms with Gasteiger partial charge in [-0.2, -0.15) is 0 Å². The average molecular weight is 152 g/mol. The van der Waals surface area contributed by atoms with Crippen molar-refractivity contribution in [3.05, 3.63) is 12.7 Å². The Labute approximate surface area is 65.6 Å². The molecule has 4 heteroatoms. The van der Waals surface area contributed by atoms with Crippen LogP contribution in [0.25, 0.3) is 0 Å². The fourth-order valence-electron chi connectivity index (χ4n) is 1.49. The molecule has 0 amide bonds. The van der Waals surface area contributed by atoms with Gasteiger partial charge in [0.1, 0.15) is 12.7 Å². The fraction of sp³-hybridized carbons (Fsp3) is 0.714. The van der Waals surface area contributed by atoms with Gasteiger partial charge in [-0.1, -0.05) is 0 Å². The molecule has 2 heterocycles. The van der Waals surface area contributed by atoms with Gasteiger partial charge in [-0.3, -0.25) is 0 Å². The summed E-state index contributed by atoms with van der Waals surface area (Å²) in [7, 11) is 0. The maximum atomic E-state index is 3.78. The molecule has 1 unspecified atom stereocenters. The van der Waals surface area contributed by atoms with Gasteiger partial charge in [0.2, 0.25) is 0 Å². The molecule has 0 bridgehead atoms. The van der Waals surface area contributed by atoms with E-state index in [-0.39, 0.29) is 0 Å². The van der Waals surface area contributed by atoms with E-state index in [1.54, 1.807) is 12.7 Å². The Kier molecular flexibility index (Phi) is 1.85. The van der Waals surface area contributed by atoms with Crippen LogP contribution >= 0.6 is 0 Å². The molecule has 0 spiro atoms. The van der Waals surface area contributed by atoms with E-state index in [2.05, 4.69) is 20.1 Å². The highest BCUT2D eigenvalue weighted by Gasteiger charge is 2.13. The van der Waals surface area contributed by atoms with Gasteiger partial charge in [-0.25, -0.2) is 0 Å². The molecule has 1 N–H and O–H groups in total. The molecule has 1 saturated heterocycles. The van der Waals surface area contributed by atoms with Crippen molar-refractivity contribution in [1.82, 2.24) is 20.1 Å². The molecule has 1 atom stereocenters. The van der Waals surface area contributed by atoms with Crippen LogP contribution in [0.15, 0.2) is 12.7 Å². The Morgan fingerprint density at radius 3 is 2.82 bits per heavy atom. The van der Waals surface area contributed by atoms with Gasteiger partial charge < -0.3 is 9.88 Å². The van der Waals surface area contributed by atoms with E-state index in [9.17, 15) is 0 Å². The minimum Gasteiger partial charge on any atom is -0.316 e. The number of nitrogens with one attached hydrogen (secondary N) is 1. The van der Waals surface area contributed by atoms with Crippen molar-refractivity contribution >= 4 is 0 Å². The lowest BCUT2D eigenvalue weighted by molar-refractivity contribution is 0.370. The van der Waals surface area contributed by atoms with Gasteiger partial charge in [0.15, 0.2) is 0 Å². The summed E-state index contributed by atoms with van der Waals surface area (Å²) < 4.78 is 2.08. The number of nitrogens with zero attached hydrogens (tertiary/aromatic N) is 3. The minimum atomic E-state index is 0.568. The molecule has 0 aliphatic carbocycles. The molecule has 0 saturated carbocycles. The Bertz CT molecular complexity index is 200. The van der Waals surface area contributed by atoms with E-state index < -0.39 is 0 Å². The molecule has 1 aliphatic heterocycles. The van der Waals surface area contributed by atoms with Gasteiger partial charge in [0.05, 0.1) is 0 Å². The topological polar surface area (TPSA) is 42.7 Å². The highest BCUT2D eigenvalue weighted by Crippen LogP contribution is 2.14. The number of piperidine rings is 1. The third-order valence-corrected chi connectivity index (χ3v) is 2.13. The number of hydrogen-bond donors (Lipinski definition) is 1. The van der Waals surface area contributed by atoms with E-state index in [4.69, 9.17) is 0 Å². The first-order valence-corrected chi connectivity index (χ1v) is 4.01. The molecular formula is C7H12N4. The summed E-state index contributed by atoms with van der Waals surface area (Å²) >= 11 is 0. The number of aromatic nitrogens is 3. The van der Waals surface area contributed by atoms with Gasteiger partial charge >= 0.3 is 0 Å². The molecule has 60 valence electrons. The first-order valence-electron chi connectivity index (χ1n) is 4.01. The summed E-state index contributed by atoms with van der Waals surface area (Å²) in [6.45, 7) is 2.21. The maximum absolute atomic E-state index is 3.78. The largest absolute Gasteiger partial charge is 0.316 e. The van der Waals surface area contributed by atoms with Crippen molar-refractivity contribution in [2.75, 3.05) is 13.1 Å². The average Bonchev–Trinajstić information content (AvgIpc) is 2.58. The van der Waals surface area contributed by atoms with Crippen molar-refractivity contribution < 1.29 is 0 Å². The monoisotopic (exact) mass is 152 g/mol. The van der Waals surface area contributed by atoms with Crippen LogP contribution in [0.5, 0.6) is 0 Å². The van der Waals surface area contributed by atoms with Crippen molar-refractivity contribution in [1.29, 1.82) is 0 Å². The summed E-state index contributed by atoms with van der Waals surface area (Å²) in [6.07, 6.45) is 6.07. The predicted octanol–water partition coefficient (Wildman–Crippen LogP) is 0.203. The van der Waals surface area contributed by atoms with Gasteiger partial charge in [-0.05, 0) is 19.4 Å². The van der Waals surface area contributed by atoms with Crippen LogP contribution in [0, 0.1) is 0 Å². The minimum absolute atomic E-state index is 0.568. The van der Waals surface area contributed by atoms with Crippen LogP contribution in [-0.2, 0) is 0 Å². The quantitative estimate of drug-likeness (QED) is 0.625. The molecule has 4 nitrogen and oxygen atoms in total. The van der Waals surface area contributed by atoms with Crippen LogP contribution in [0.4, 0.5) is 0 Å². The van der Waals surface area contributed by atoms with Crippen LogP contribution in [0.2, 0.25) is 0 Å². The van der Waals surface area contributed by atoms with Crippen molar-refractivity contribution in [2.24, 2.45) is 0 Å². The summed E-state index contributed by atoms with van der Waals surface area (Å²) in [5.41, 5.74) is 0.